The molecule has 4 heteroatoms. The quantitative estimate of drug-likeness (QED) is 0.747. The van der Waals surface area contributed by atoms with Crippen molar-refractivity contribution in [1.29, 1.82) is 0 Å². The van der Waals surface area contributed by atoms with E-state index in [1.54, 1.807) is 6.20 Å². The van der Waals surface area contributed by atoms with E-state index in [0.29, 0.717) is 6.54 Å². The van der Waals surface area contributed by atoms with E-state index in [1.165, 1.54) is 0 Å². The van der Waals surface area contributed by atoms with Gasteiger partial charge >= 0.3 is 0 Å². The Bertz CT molecular complexity index is 411. The van der Waals surface area contributed by atoms with Crippen LogP contribution >= 0.6 is 0 Å². The minimum Gasteiger partial charge on any atom is -0.340 e. The lowest BCUT2D eigenvalue weighted by Crippen LogP contribution is -2.29. The van der Waals surface area contributed by atoms with Crippen LogP contribution in [0.25, 0.3) is 11.2 Å². The summed E-state index contributed by atoms with van der Waals surface area (Å²) < 4.78 is 0. The topological polar surface area (TPSA) is 67.6 Å². The maximum atomic E-state index is 5.68. The first kappa shape index (κ1) is 9.15. The number of hydrogen-bond donors (Lipinski definition) is 2. The van der Waals surface area contributed by atoms with Gasteiger partial charge in [0.25, 0.3) is 0 Å². The smallest absolute Gasteiger partial charge is 0.177 e. The fourth-order valence-corrected chi connectivity index (χ4v) is 1.26. The second-order valence-corrected chi connectivity index (χ2v) is 4.05. The Hall–Kier alpha value is -1.42. The normalized spacial score (nSPS) is 12.2. The van der Waals surface area contributed by atoms with Crippen molar-refractivity contribution >= 4 is 11.2 Å². The zero-order valence-corrected chi connectivity index (χ0v) is 8.41. The minimum absolute atomic E-state index is 0.124. The molecule has 3 N–H and O–H groups in total. The van der Waals surface area contributed by atoms with Crippen LogP contribution in [0, 0.1) is 0 Å². The van der Waals surface area contributed by atoms with Crippen LogP contribution in [-0.4, -0.2) is 21.5 Å². The molecule has 74 valence electrons. The molecule has 0 saturated carbocycles. The molecule has 0 aromatic carbocycles. The van der Waals surface area contributed by atoms with Crippen LogP contribution in [0.1, 0.15) is 19.7 Å². The number of H-pyrrole nitrogens is 1. The van der Waals surface area contributed by atoms with Gasteiger partial charge in [-0.3, -0.25) is 0 Å². The number of nitrogens with one attached hydrogen (secondary N) is 1. The summed E-state index contributed by atoms with van der Waals surface area (Å²) in [7, 11) is 0. The third kappa shape index (κ3) is 1.37. The van der Waals surface area contributed by atoms with Gasteiger partial charge in [0.1, 0.15) is 5.82 Å². The summed E-state index contributed by atoms with van der Waals surface area (Å²) in [6.45, 7) is 4.68. The van der Waals surface area contributed by atoms with Crippen LogP contribution in [0.3, 0.4) is 0 Å². The monoisotopic (exact) mass is 190 g/mol. The van der Waals surface area contributed by atoms with E-state index < -0.39 is 0 Å². The first-order chi connectivity index (χ1) is 6.63. The van der Waals surface area contributed by atoms with Crippen LogP contribution in [-0.2, 0) is 5.41 Å². The molecular formula is C10H14N4. The van der Waals surface area contributed by atoms with Gasteiger partial charge in [-0.15, -0.1) is 0 Å². The molecule has 14 heavy (non-hydrogen) atoms. The van der Waals surface area contributed by atoms with Crippen molar-refractivity contribution in [2.75, 3.05) is 6.54 Å². The van der Waals surface area contributed by atoms with Gasteiger partial charge in [-0.05, 0) is 12.1 Å². The van der Waals surface area contributed by atoms with E-state index in [4.69, 9.17) is 5.73 Å². The molecule has 2 rings (SSSR count). The highest BCUT2D eigenvalue weighted by molar-refractivity contribution is 5.70. The van der Waals surface area contributed by atoms with Gasteiger partial charge in [0.15, 0.2) is 5.65 Å². The second kappa shape index (κ2) is 3.06. The number of nitrogens with zero attached hydrogens (tertiary/aromatic N) is 2. The maximum absolute atomic E-state index is 5.68. The summed E-state index contributed by atoms with van der Waals surface area (Å²) in [5.74, 6) is 0.897. The van der Waals surface area contributed by atoms with Crippen molar-refractivity contribution in [3.8, 4) is 0 Å². The molecule has 0 unspecified atom stereocenters. The molecule has 0 spiro atoms. The van der Waals surface area contributed by atoms with Crippen molar-refractivity contribution in [3.05, 3.63) is 24.2 Å². The van der Waals surface area contributed by atoms with Gasteiger partial charge in [-0.1, -0.05) is 13.8 Å². The number of fused-ring (bicyclic) bond motifs is 1. The average Bonchev–Trinajstić information content (AvgIpc) is 2.61. The van der Waals surface area contributed by atoms with E-state index in [2.05, 4.69) is 28.8 Å². The van der Waals surface area contributed by atoms with Gasteiger partial charge in [-0.25, -0.2) is 9.97 Å². The first-order valence-electron chi connectivity index (χ1n) is 4.65. The third-order valence-electron chi connectivity index (χ3n) is 2.41. The molecule has 0 fully saturated rings. The summed E-state index contributed by atoms with van der Waals surface area (Å²) in [4.78, 5) is 11.8. The van der Waals surface area contributed by atoms with Gasteiger partial charge in [0.05, 0.1) is 5.52 Å². The molecule has 0 atom stereocenters. The molecule has 2 aromatic rings. The molecule has 0 aliphatic rings. The SMILES string of the molecule is CC(C)(CN)c1nc2ncccc2[nH]1. The number of aromatic nitrogens is 3. The zero-order chi connectivity index (χ0) is 10.2. The Morgan fingerprint density at radius 3 is 2.93 bits per heavy atom. The first-order valence-corrected chi connectivity index (χ1v) is 4.65. The summed E-state index contributed by atoms with van der Waals surface area (Å²) >= 11 is 0. The van der Waals surface area contributed by atoms with Crippen LogP contribution < -0.4 is 5.73 Å². The fourth-order valence-electron chi connectivity index (χ4n) is 1.26. The highest BCUT2D eigenvalue weighted by atomic mass is 15.0. The van der Waals surface area contributed by atoms with Crippen molar-refractivity contribution < 1.29 is 0 Å². The molecule has 0 aliphatic heterocycles. The fraction of sp³-hybridized carbons (Fsp3) is 0.400. The number of nitrogens with two attached hydrogens (primary N) is 1. The van der Waals surface area contributed by atoms with E-state index in [0.717, 1.165) is 17.0 Å². The lowest BCUT2D eigenvalue weighted by atomic mass is 9.93. The zero-order valence-electron chi connectivity index (χ0n) is 8.41. The molecule has 0 radical (unpaired) electrons. The van der Waals surface area contributed by atoms with E-state index in [1.807, 2.05) is 12.1 Å². The van der Waals surface area contributed by atoms with Crippen molar-refractivity contribution in [1.82, 2.24) is 15.0 Å². The van der Waals surface area contributed by atoms with Gasteiger partial charge in [0, 0.05) is 18.2 Å². The minimum atomic E-state index is -0.124. The number of rotatable bonds is 2. The Morgan fingerprint density at radius 1 is 1.50 bits per heavy atom. The van der Waals surface area contributed by atoms with Crippen LogP contribution in [0.5, 0.6) is 0 Å². The van der Waals surface area contributed by atoms with Crippen molar-refractivity contribution in [2.45, 2.75) is 19.3 Å². The van der Waals surface area contributed by atoms with Crippen molar-refractivity contribution in [2.24, 2.45) is 5.73 Å². The van der Waals surface area contributed by atoms with Crippen molar-refractivity contribution in [3.63, 3.8) is 0 Å². The highest BCUT2D eigenvalue weighted by Gasteiger charge is 2.22. The standard InChI is InChI=1S/C10H14N4/c1-10(2,6-11)9-13-7-4-3-5-12-8(7)14-9/h3-5H,6,11H2,1-2H3,(H,12,13,14). The van der Waals surface area contributed by atoms with E-state index in [-0.39, 0.29) is 5.41 Å². The highest BCUT2D eigenvalue weighted by Crippen LogP contribution is 2.20. The molecule has 0 saturated heterocycles. The molecule has 4 nitrogen and oxygen atoms in total. The Labute approximate surface area is 82.6 Å². The Balaban J connectivity index is 2.55. The number of pyridine rings is 1. The molecule has 2 aromatic heterocycles. The number of hydrogen-bond acceptors (Lipinski definition) is 3. The molecule has 0 aliphatic carbocycles. The summed E-state index contributed by atoms with van der Waals surface area (Å²) in [6.07, 6.45) is 1.74. The van der Waals surface area contributed by atoms with E-state index in [9.17, 15) is 0 Å². The lowest BCUT2D eigenvalue weighted by Gasteiger charge is -2.18. The summed E-state index contributed by atoms with van der Waals surface area (Å²) in [5.41, 5.74) is 7.27. The number of imidazole rings is 1. The molecule has 2 heterocycles. The molecule has 0 bridgehead atoms. The predicted molar refractivity (Wildman–Crippen MR) is 56.0 cm³/mol. The lowest BCUT2D eigenvalue weighted by molar-refractivity contribution is 0.509. The Kier molecular flexibility index (Phi) is 2.00. The molecular weight excluding hydrogens is 176 g/mol. The number of aromatic amines is 1. The Morgan fingerprint density at radius 2 is 2.29 bits per heavy atom. The van der Waals surface area contributed by atoms with E-state index >= 15 is 0 Å². The maximum Gasteiger partial charge on any atom is 0.177 e. The van der Waals surface area contributed by atoms with Crippen LogP contribution in [0.4, 0.5) is 0 Å². The van der Waals surface area contributed by atoms with Crippen LogP contribution in [0.15, 0.2) is 18.3 Å². The molecule has 0 amide bonds. The third-order valence-corrected chi connectivity index (χ3v) is 2.41. The average molecular weight is 190 g/mol. The van der Waals surface area contributed by atoms with Gasteiger partial charge in [-0.2, -0.15) is 0 Å². The predicted octanol–water partition coefficient (Wildman–Crippen LogP) is 1.19. The van der Waals surface area contributed by atoms with Gasteiger partial charge < -0.3 is 10.7 Å². The summed E-state index contributed by atoms with van der Waals surface area (Å²) in [5, 5.41) is 0. The van der Waals surface area contributed by atoms with Crippen LogP contribution in [0.2, 0.25) is 0 Å². The largest absolute Gasteiger partial charge is 0.340 e. The second-order valence-electron chi connectivity index (χ2n) is 4.05. The van der Waals surface area contributed by atoms with Gasteiger partial charge in [0.2, 0.25) is 0 Å². The summed E-state index contributed by atoms with van der Waals surface area (Å²) in [6, 6.07) is 3.85.